The number of rotatable bonds is 15. The molecule has 7 nitrogen and oxygen atoms in total. The van der Waals surface area contributed by atoms with Crippen molar-refractivity contribution in [2.75, 3.05) is 78.9 Å². The van der Waals surface area contributed by atoms with Crippen molar-refractivity contribution < 1.29 is 14.2 Å². The molecule has 0 saturated heterocycles. The van der Waals surface area contributed by atoms with E-state index in [0.717, 1.165) is 19.6 Å². The van der Waals surface area contributed by atoms with Gasteiger partial charge in [-0.2, -0.15) is 0 Å². The van der Waals surface area contributed by atoms with Gasteiger partial charge in [-0.3, -0.25) is 4.90 Å². The average Bonchev–Trinajstić information content (AvgIpc) is 2.53. The van der Waals surface area contributed by atoms with E-state index in [2.05, 4.69) is 19.4 Å². The standard InChI is InChI=1S/C15H27N4O3/c1-16-4-10-20-13-7-19(8-14-21-11-5-17-2)9-15-22-12-6-18-3/h1-3H,4-15H2/q+3. The fourth-order valence-electron chi connectivity index (χ4n) is 1.57. The van der Waals surface area contributed by atoms with Crippen LogP contribution in [0.4, 0.5) is 0 Å². The van der Waals surface area contributed by atoms with Gasteiger partial charge in [0.15, 0.2) is 0 Å². The first-order valence-electron chi connectivity index (χ1n) is 7.40. The normalized spacial score (nSPS) is 10.1. The molecule has 0 amide bonds. The predicted molar refractivity (Wildman–Crippen MR) is 88.4 cm³/mol. The van der Waals surface area contributed by atoms with Crippen LogP contribution in [0, 0.1) is 19.7 Å². The Bertz CT molecular complexity index is 313. The summed E-state index contributed by atoms with van der Waals surface area (Å²) in [7, 11) is 0. The summed E-state index contributed by atoms with van der Waals surface area (Å²) in [6, 6.07) is 0. The molecule has 122 valence electrons. The van der Waals surface area contributed by atoms with Gasteiger partial charge in [0.05, 0.1) is 19.8 Å². The van der Waals surface area contributed by atoms with Gasteiger partial charge < -0.3 is 14.2 Å². The molecule has 0 aromatic heterocycles. The van der Waals surface area contributed by atoms with Gasteiger partial charge in [-0.15, -0.1) is 0 Å². The molecule has 0 spiro atoms. The van der Waals surface area contributed by atoms with E-state index in [1.165, 1.54) is 0 Å². The van der Waals surface area contributed by atoms with Crippen LogP contribution in [0.2, 0.25) is 0 Å². The lowest BCUT2D eigenvalue weighted by molar-refractivity contribution is 0.0595. The third-order valence-electron chi connectivity index (χ3n) is 2.75. The van der Waals surface area contributed by atoms with E-state index in [1.54, 1.807) is 0 Å². The molecule has 0 aromatic carbocycles. The smallest absolute Gasteiger partial charge is 0.286 e. The summed E-state index contributed by atoms with van der Waals surface area (Å²) in [5.41, 5.74) is 0. The highest BCUT2D eigenvalue weighted by molar-refractivity contribution is 4.66. The minimum Gasteiger partial charge on any atom is -0.372 e. The molecule has 0 unspecified atom stereocenters. The third-order valence-corrected chi connectivity index (χ3v) is 2.75. The molecule has 7 heteroatoms. The van der Waals surface area contributed by atoms with Gasteiger partial charge in [-0.05, 0) is 0 Å². The summed E-state index contributed by atoms with van der Waals surface area (Å²) in [5, 5.41) is 0. The molecule has 0 aromatic rings. The Hall–Kier alpha value is -1.69. The molecule has 0 bridgehead atoms. The summed E-state index contributed by atoms with van der Waals surface area (Å²) in [4.78, 5) is 12.7. The van der Waals surface area contributed by atoms with Crippen LogP contribution in [0.25, 0.3) is 14.5 Å². The molecule has 0 rings (SSSR count). The van der Waals surface area contributed by atoms with Crippen molar-refractivity contribution in [1.82, 2.24) is 4.90 Å². The van der Waals surface area contributed by atoms with Crippen molar-refractivity contribution in [3.63, 3.8) is 0 Å². The molecular formula is C15H27N4O3+3. The fraction of sp³-hybridized carbons (Fsp3) is 0.800. The van der Waals surface area contributed by atoms with Crippen LogP contribution in [0.5, 0.6) is 0 Å². The van der Waals surface area contributed by atoms with Gasteiger partial charge in [0.2, 0.25) is 0 Å². The Balaban J connectivity index is 3.80. The number of nitrogens with zero attached hydrogens (tertiary/aromatic N) is 4. The van der Waals surface area contributed by atoms with Gasteiger partial charge in [-0.25, -0.2) is 0 Å². The highest BCUT2D eigenvalue weighted by Gasteiger charge is 2.06. The Morgan fingerprint density at radius 2 is 0.864 bits per heavy atom. The SMILES string of the molecule is C#[N+]CCOCCN(CCOCC[N+]#C)CCOCC[N+]#C. The molecule has 0 N–H and O–H groups in total. The van der Waals surface area contributed by atoms with Crippen LogP contribution in [0.3, 0.4) is 0 Å². The third kappa shape index (κ3) is 14.7. The summed E-state index contributed by atoms with van der Waals surface area (Å²) >= 11 is 0. The predicted octanol–water partition coefficient (Wildman–Crippen LogP) is 1.23. The zero-order valence-corrected chi connectivity index (χ0v) is 13.2. The maximum atomic E-state index is 5.43. The lowest BCUT2D eigenvalue weighted by atomic mass is 10.4. The monoisotopic (exact) mass is 311 g/mol. The highest BCUT2D eigenvalue weighted by Crippen LogP contribution is 1.92. The molecule has 0 aliphatic rings. The molecule has 0 aliphatic carbocycles. The van der Waals surface area contributed by atoms with Crippen molar-refractivity contribution in [1.29, 1.82) is 0 Å². The number of ether oxygens (including phenoxy) is 3. The van der Waals surface area contributed by atoms with Crippen molar-refractivity contribution in [2.45, 2.75) is 0 Å². The van der Waals surface area contributed by atoms with E-state index in [0.29, 0.717) is 59.3 Å². The first kappa shape index (κ1) is 20.3. The molecular weight excluding hydrogens is 284 g/mol. The van der Waals surface area contributed by atoms with Gasteiger partial charge in [0.1, 0.15) is 19.8 Å². The van der Waals surface area contributed by atoms with Gasteiger partial charge in [0, 0.05) is 19.6 Å². The largest absolute Gasteiger partial charge is 0.372 e. The number of hydrogen-bond acceptors (Lipinski definition) is 4. The lowest BCUT2D eigenvalue weighted by Gasteiger charge is -2.21. The molecule has 0 saturated carbocycles. The highest BCUT2D eigenvalue weighted by atomic mass is 16.5. The lowest BCUT2D eigenvalue weighted by Crippen LogP contribution is -2.34. The van der Waals surface area contributed by atoms with Gasteiger partial charge in [-0.1, -0.05) is 14.5 Å². The van der Waals surface area contributed by atoms with Crippen LogP contribution in [-0.4, -0.2) is 83.8 Å². The molecule has 22 heavy (non-hydrogen) atoms. The number of hydrogen-bond donors (Lipinski definition) is 0. The van der Waals surface area contributed by atoms with E-state index in [4.69, 9.17) is 33.9 Å². The summed E-state index contributed by atoms with van der Waals surface area (Å²) in [6.45, 7) is 22.5. The molecule has 0 aliphatic heterocycles. The summed E-state index contributed by atoms with van der Waals surface area (Å²) < 4.78 is 16.3. The minimum atomic E-state index is 0.511. The van der Waals surface area contributed by atoms with Gasteiger partial charge in [0.25, 0.3) is 39.4 Å². The molecule has 0 fully saturated rings. The Kier molecular flexibility index (Phi) is 16.0. The van der Waals surface area contributed by atoms with E-state index in [1.807, 2.05) is 0 Å². The first-order chi connectivity index (χ1) is 10.8. The molecule has 0 atom stereocenters. The summed E-state index contributed by atoms with van der Waals surface area (Å²) in [5.74, 6) is 0. The van der Waals surface area contributed by atoms with Crippen molar-refractivity contribution in [3.8, 4) is 19.7 Å². The van der Waals surface area contributed by atoms with Crippen molar-refractivity contribution in [3.05, 3.63) is 14.5 Å². The van der Waals surface area contributed by atoms with Crippen LogP contribution >= 0.6 is 0 Å². The second kappa shape index (κ2) is 17.4. The maximum absolute atomic E-state index is 5.43. The van der Waals surface area contributed by atoms with Crippen molar-refractivity contribution >= 4 is 0 Å². The Morgan fingerprint density at radius 3 is 1.14 bits per heavy atom. The Morgan fingerprint density at radius 1 is 0.545 bits per heavy atom. The quantitative estimate of drug-likeness (QED) is 0.427. The second-order valence-electron chi connectivity index (χ2n) is 4.40. The van der Waals surface area contributed by atoms with E-state index in [9.17, 15) is 0 Å². The van der Waals surface area contributed by atoms with Crippen molar-refractivity contribution in [2.24, 2.45) is 0 Å². The minimum absolute atomic E-state index is 0.511. The molecule has 0 heterocycles. The van der Waals surface area contributed by atoms with Crippen LogP contribution in [0.1, 0.15) is 0 Å². The Labute approximate surface area is 133 Å². The van der Waals surface area contributed by atoms with E-state index in [-0.39, 0.29) is 0 Å². The maximum Gasteiger partial charge on any atom is 0.286 e. The second-order valence-corrected chi connectivity index (χ2v) is 4.40. The molecule has 0 radical (unpaired) electrons. The van der Waals surface area contributed by atoms with Gasteiger partial charge >= 0.3 is 0 Å². The van der Waals surface area contributed by atoms with Crippen LogP contribution in [-0.2, 0) is 14.2 Å². The topological polar surface area (TPSA) is 44.0 Å². The first-order valence-corrected chi connectivity index (χ1v) is 7.40. The van der Waals surface area contributed by atoms with E-state index < -0.39 is 0 Å². The van der Waals surface area contributed by atoms with E-state index >= 15 is 0 Å². The van der Waals surface area contributed by atoms with Crippen LogP contribution < -0.4 is 0 Å². The fourth-order valence-corrected chi connectivity index (χ4v) is 1.57. The van der Waals surface area contributed by atoms with Crippen LogP contribution in [0.15, 0.2) is 0 Å². The average molecular weight is 311 g/mol. The zero-order chi connectivity index (χ0) is 16.3. The summed E-state index contributed by atoms with van der Waals surface area (Å²) in [6.07, 6.45) is 0. The zero-order valence-electron chi connectivity index (χ0n) is 13.2.